The lowest BCUT2D eigenvalue weighted by atomic mass is 10.1. The first-order valence-electron chi connectivity index (χ1n) is 7.94. The number of ketones is 1. The van der Waals surface area contributed by atoms with Gasteiger partial charge in [-0.1, -0.05) is 60.7 Å². The van der Waals surface area contributed by atoms with Gasteiger partial charge in [0.1, 0.15) is 6.04 Å². The van der Waals surface area contributed by atoms with Gasteiger partial charge in [-0.15, -0.1) is 0 Å². The number of alkyl halides is 3. The maximum atomic E-state index is 12.5. The van der Waals surface area contributed by atoms with Gasteiger partial charge in [-0.3, -0.25) is 9.59 Å². The minimum atomic E-state index is -5.14. The number of esters is 1. The molecule has 0 unspecified atom stereocenters. The molecule has 2 aromatic rings. The Morgan fingerprint density at radius 1 is 0.926 bits per heavy atom. The third kappa shape index (κ3) is 6.25. The number of amides is 1. The Morgan fingerprint density at radius 3 is 2.04 bits per heavy atom. The molecule has 142 valence electrons. The van der Waals surface area contributed by atoms with Crippen molar-refractivity contribution in [2.24, 2.45) is 0 Å². The minimum Gasteiger partial charge on any atom is -0.456 e. The van der Waals surface area contributed by atoms with Crippen molar-refractivity contribution in [2.45, 2.75) is 18.6 Å². The van der Waals surface area contributed by atoms with E-state index in [4.69, 9.17) is 4.74 Å². The number of hydrogen-bond donors (Lipinski definition) is 1. The minimum absolute atomic E-state index is 0.207. The Bertz CT molecular complexity index is 792. The van der Waals surface area contributed by atoms with Crippen LogP contribution in [-0.4, -0.2) is 36.5 Å². The van der Waals surface area contributed by atoms with Gasteiger partial charge in [0.25, 0.3) is 0 Å². The van der Waals surface area contributed by atoms with Crippen LogP contribution in [0.25, 0.3) is 0 Å². The molecule has 0 saturated carbocycles. The number of Topliss-reactive ketones (excluding diaryl/α,β-unsaturated/α-hetero) is 1. The summed E-state index contributed by atoms with van der Waals surface area (Å²) in [5, 5.41) is 1.62. The summed E-state index contributed by atoms with van der Waals surface area (Å²) in [7, 11) is 0. The van der Waals surface area contributed by atoms with Gasteiger partial charge in [0, 0.05) is 12.0 Å². The fourth-order valence-electron chi connectivity index (χ4n) is 2.23. The maximum absolute atomic E-state index is 12.5. The summed E-state index contributed by atoms with van der Waals surface area (Å²) in [4.78, 5) is 35.4. The van der Waals surface area contributed by atoms with Crippen LogP contribution >= 0.6 is 0 Å². The highest BCUT2D eigenvalue weighted by Crippen LogP contribution is 2.15. The highest BCUT2D eigenvalue weighted by molar-refractivity contribution is 5.98. The van der Waals surface area contributed by atoms with Gasteiger partial charge in [0.05, 0.1) is 0 Å². The Balaban J connectivity index is 2.05. The zero-order valence-corrected chi connectivity index (χ0v) is 14.0. The largest absolute Gasteiger partial charge is 0.471 e. The van der Waals surface area contributed by atoms with Crippen LogP contribution in [0.5, 0.6) is 0 Å². The lowest BCUT2D eigenvalue weighted by Crippen LogP contribution is -2.48. The summed E-state index contributed by atoms with van der Waals surface area (Å²) in [5.74, 6) is -3.89. The molecule has 0 aliphatic carbocycles. The lowest BCUT2D eigenvalue weighted by Gasteiger charge is -2.18. The first-order valence-corrected chi connectivity index (χ1v) is 7.94. The van der Waals surface area contributed by atoms with Crippen molar-refractivity contribution in [1.82, 2.24) is 5.32 Å². The second kappa shape index (κ2) is 8.98. The molecule has 0 bridgehead atoms. The molecule has 0 aromatic heterocycles. The summed E-state index contributed by atoms with van der Waals surface area (Å²) in [6.07, 6.45) is -5.35. The standard InChI is InChI=1S/C19H16F3NO4/c20-19(21,22)18(26)23-15(11-13-7-3-1-4-8-13)17(25)27-12-16(24)14-9-5-2-6-10-14/h1-10,15H,11-12H2,(H,23,26)/t15-/m0/s1. The Hall–Kier alpha value is -3.16. The summed E-state index contributed by atoms with van der Waals surface area (Å²) < 4.78 is 42.4. The molecular weight excluding hydrogens is 363 g/mol. The van der Waals surface area contributed by atoms with Crippen molar-refractivity contribution in [2.75, 3.05) is 6.61 Å². The summed E-state index contributed by atoms with van der Waals surface area (Å²) in [6, 6.07) is 14.6. The normalized spacial score (nSPS) is 12.1. The third-order valence-electron chi connectivity index (χ3n) is 3.57. The lowest BCUT2D eigenvalue weighted by molar-refractivity contribution is -0.175. The molecule has 1 amide bonds. The molecule has 0 aliphatic rings. The van der Waals surface area contributed by atoms with Gasteiger partial charge in [0.15, 0.2) is 12.4 Å². The predicted octanol–water partition coefficient (Wildman–Crippen LogP) is 2.70. The van der Waals surface area contributed by atoms with E-state index < -0.39 is 36.5 Å². The van der Waals surface area contributed by atoms with Gasteiger partial charge >= 0.3 is 18.1 Å². The number of hydrogen-bond acceptors (Lipinski definition) is 4. The van der Waals surface area contributed by atoms with E-state index in [0.29, 0.717) is 11.1 Å². The van der Waals surface area contributed by atoms with Crippen LogP contribution in [0.15, 0.2) is 60.7 Å². The van der Waals surface area contributed by atoms with Gasteiger partial charge in [-0.25, -0.2) is 4.79 Å². The second-order valence-electron chi connectivity index (χ2n) is 5.61. The fraction of sp³-hybridized carbons (Fsp3) is 0.211. The SMILES string of the molecule is O=C(COC(=O)[C@H](Cc1ccccc1)NC(=O)C(F)(F)F)c1ccccc1. The van der Waals surface area contributed by atoms with Gasteiger partial charge in [-0.05, 0) is 5.56 Å². The first-order chi connectivity index (χ1) is 12.8. The van der Waals surface area contributed by atoms with Crippen LogP contribution in [0.1, 0.15) is 15.9 Å². The number of benzene rings is 2. The van der Waals surface area contributed by atoms with Gasteiger partial charge in [0.2, 0.25) is 0 Å². The van der Waals surface area contributed by atoms with Gasteiger partial charge < -0.3 is 10.1 Å². The highest BCUT2D eigenvalue weighted by atomic mass is 19.4. The zero-order valence-electron chi connectivity index (χ0n) is 14.0. The maximum Gasteiger partial charge on any atom is 0.471 e. The van der Waals surface area contributed by atoms with E-state index in [-0.39, 0.29) is 6.42 Å². The number of rotatable bonds is 7. The average molecular weight is 379 g/mol. The van der Waals surface area contributed by atoms with Crippen molar-refractivity contribution >= 4 is 17.7 Å². The molecule has 0 spiro atoms. The first kappa shape index (κ1) is 20.2. The number of nitrogens with one attached hydrogen (secondary N) is 1. The van der Waals surface area contributed by atoms with Crippen LogP contribution in [0.3, 0.4) is 0 Å². The van der Waals surface area contributed by atoms with Crippen LogP contribution < -0.4 is 5.32 Å². The summed E-state index contributed by atoms with van der Waals surface area (Å²) in [5.41, 5.74) is 0.820. The zero-order chi connectivity index (χ0) is 19.9. The molecule has 2 aromatic carbocycles. The average Bonchev–Trinajstić information content (AvgIpc) is 2.66. The monoisotopic (exact) mass is 379 g/mol. The molecule has 1 atom stereocenters. The summed E-state index contributed by atoms with van der Waals surface area (Å²) in [6.45, 7) is -0.643. The number of ether oxygens (including phenoxy) is 1. The van der Waals surface area contributed by atoms with Crippen molar-refractivity contribution in [3.8, 4) is 0 Å². The van der Waals surface area contributed by atoms with Gasteiger partial charge in [-0.2, -0.15) is 13.2 Å². The fourth-order valence-corrected chi connectivity index (χ4v) is 2.23. The Kier molecular flexibility index (Phi) is 6.70. The van der Waals surface area contributed by atoms with E-state index in [0.717, 1.165) is 0 Å². The Labute approximate surface area is 153 Å². The second-order valence-corrected chi connectivity index (χ2v) is 5.61. The van der Waals surface area contributed by atoms with Crippen molar-refractivity contribution < 1.29 is 32.3 Å². The quantitative estimate of drug-likeness (QED) is 0.593. The number of carbonyl (C=O) groups excluding carboxylic acids is 3. The molecule has 2 rings (SSSR count). The highest BCUT2D eigenvalue weighted by Gasteiger charge is 2.41. The molecular formula is C19H16F3NO4. The van der Waals surface area contributed by atoms with Crippen LogP contribution in [0.2, 0.25) is 0 Å². The number of halogens is 3. The predicted molar refractivity (Wildman–Crippen MR) is 89.9 cm³/mol. The molecule has 0 fully saturated rings. The molecule has 0 saturated heterocycles. The van der Waals surface area contributed by atoms with E-state index >= 15 is 0 Å². The summed E-state index contributed by atoms with van der Waals surface area (Å²) >= 11 is 0. The van der Waals surface area contributed by atoms with Crippen molar-refractivity contribution in [3.05, 3.63) is 71.8 Å². The smallest absolute Gasteiger partial charge is 0.456 e. The molecule has 0 radical (unpaired) electrons. The topological polar surface area (TPSA) is 72.5 Å². The molecule has 1 N–H and O–H groups in total. The molecule has 0 heterocycles. The third-order valence-corrected chi connectivity index (χ3v) is 3.57. The van der Waals surface area contributed by atoms with E-state index in [1.165, 1.54) is 12.1 Å². The van der Waals surface area contributed by atoms with Crippen molar-refractivity contribution in [1.29, 1.82) is 0 Å². The van der Waals surface area contributed by atoms with Crippen LogP contribution in [-0.2, 0) is 20.7 Å². The molecule has 0 aliphatic heterocycles. The van der Waals surface area contributed by atoms with E-state index in [1.54, 1.807) is 53.8 Å². The van der Waals surface area contributed by atoms with Crippen molar-refractivity contribution in [3.63, 3.8) is 0 Å². The molecule has 27 heavy (non-hydrogen) atoms. The Morgan fingerprint density at radius 2 is 1.48 bits per heavy atom. The molecule has 8 heteroatoms. The van der Waals surface area contributed by atoms with Crippen LogP contribution in [0, 0.1) is 0 Å². The van der Waals surface area contributed by atoms with E-state index in [1.807, 2.05) is 0 Å². The van der Waals surface area contributed by atoms with Crippen LogP contribution in [0.4, 0.5) is 13.2 Å². The van der Waals surface area contributed by atoms with E-state index in [9.17, 15) is 27.6 Å². The number of carbonyl (C=O) groups is 3. The van der Waals surface area contributed by atoms with E-state index in [2.05, 4.69) is 0 Å². The molecule has 5 nitrogen and oxygen atoms in total.